The standard InChI is InChI=1S/C13H10Cl2N2O/c14-9-5-8(3-4-11(9)18)13-16-10(7-1-2-7)6-12(15)17-13/h3-7,18H,1-2H2. The molecule has 1 aliphatic carbocycles. The molecule has 0 aliphatic heterocycles. The second-order valence-corrected chi connectivity index (χ2v) is 5.17. The van der Waals surface area contributed by atoms with Gasteiger partial charge in [0, 0.05) is 17.2 Å². The molecule has 3 nitrogen and oxygen atoms in total. The first-order valence-electron chi connectivity index (χ1n) is 5.67. The number of rotatable bonds is 2. The van der Waals surface area contributed by atoms with Crippen LogP contribution in [0.1, 0.15) is 24.5 Å². The summed E-state index contributed by atoms with van der Waals surface area (Å²) in [5.41, 5.74) is 1.73. The molecule has 0 unspecified atom stereocenters. The Hall–Kier alpha value is -1.32. The van der Waals surface area contributed by atoms with Crippen molar-refractivity contribution in [3.8, 4) is 17.1 Å². The molecule has 1 N–H and O–H groups in total. The van der Waals surface area contributed by atoms with Gasteiger partial charge in [-0.1, -0.05) is 23.2 Å². The molecule has 0 radical (unpaired) electrons. The third-order valence-corrected chi connectivity index (χ3v) is 3.41. The van der Waals surface area contributed by atoms with E-state index in [9.17, 15) is 5.11 Å². The Balaban J connectivity index is 2.07. The maximum atomic E-state index is 9.40. The molecule has 92 valence electrons. The van der Waals surface area contributed by atoms with Crippen molar-refractivity contribution in [3.05, 3.63) is 40.1 Å². The van der Waals surface area contributed by atoms with E-state index in [-0.39, 0.29) is 10.8 Å². The summed E-state index contributed by atoms with van der Waals surface area (Å²) in [4.78, 5) is 8.70. The van der Waals surface area contributed by atoms with E-state index < -0.39 is 0 Å². The molecule has 18 heavy (non-hydrogen) atoms. The SMILES string of the molecule is Oc1ccc(-c2nc(Cl)cc(C3CC3)n2)cc1Cl. The van der Waals surface area contributed by atoms with E-state index in [1.807, 2.05) is 6.07 Å². The number of hydrogen-bond donors (Lipinski definition) is 1. The first-order chi connectivity index (χ1) is 8.63. The first kappa shape index (κ1) is 11.8. The highest BCUT2D eigenvalue weighted by atomic mass is 35.5. The number of phenols is 1. The minimum absolute atomic E-state index is 0.0462. The molecular weight excluding hydrogens is 271 g/mol. The number of halogens is 2. The average Bonchev–Trinajstić information content (AvgIpc) is 3.16. The van der Waals surface area contributed by atoms with E-state index in [2.05, 4.69) is 9.97 Å². The molecule has 0 saturated heterocycles. The van der Waals surface area contributed by atoms with Crippen molar-refractivity contribution in [1.82, 2.24) is 9.97 Å². The van der Waals surface area contributed by atoms with Crippen LogP contribution in [-0.4, -0.2) is 15.1 Å². The molecule has 2 aromatic rings. The van der Waals surface area contributed by atoms with Gasteiger partial charge in [-0.05, 0) is 37.1 Å². The van der Waals surface area contributed by atoms with E-state index >= 15 is 0 Å². The summed E-state index contributed by atoms with van der Waals surface area (Å²) in [5.74, 6) is 1.10. The Bertz CT molecular complexity index is 612. The van der Waals surface area contributed by atoms with Crippen LogP contribution in [0.15, 0.2) is 24.3 Å². The zero-order valence-electron chi connectivity index (χ0n) is 9.40. The maximum Gasteiger partial charge on any atom is 0.161 e. The average molecular weight is 281 g/mol. The lowest BCUT2D eigenvalue weighted by molar-refractivity contribution is 0.475. The molecule has 1 aromatic carbocycles. The molecule has 0 bridgehead atoms. The van der Waals surface area contributed by atoms with Gasteiger partial charge in [0.15, 0.2) is 5.82 Å². The van der Waals surface area contributed by atoms with Crippen LogP contribution in [0, 0.1) is 0 Å². The fraction of sp³-hybridized carbons (Fsp3) is 0.231. The van der Waals surface area contributed by atoms with Crippen molar-refractivity contribution in [2.75, 3.05) is 0 Å². The summed E-state index contributed by atoms with van der Waals surface area (Å²) in [6.45, 7) is 0. The van der Waals surface area contributed by atoms with E-state index in [0.29, 0.717) is 16.9 Å². The number of hydrogen-bond acceptors (Lipinski definition) is 3. The predicted octanol–water partition coefficient (Wildman–Crippen LogP) is 4.03. The van der Waals surface area contributed by atoms with Crippen LogP contribution in [0.5, 0.6) is 5.75 Å². The van der Waals surface area contributed by atoms with Crippen LogP contribution < -0.4 is 0 Å². The van der Waals surface area contributed by atoms with Gasteiger partial charge in [-0.2, -0.15) is 0 Å². The normalized spacial score (nSPS) is 14.8. The van der Waals surface area contributed by atoms with E-state index in [1.165, 1.54) is 6.07 Å². The second-order valence-electron chi connectivity index (χ2n) is 4.38. The van der Waals surface area contributed by atoms with Gasteiger partial charge in [0.2, 0.25) is 0 Å². The lowest BCUT2D eigenvalue weighted by Gasteiger charge is -2.05. The Morgan fingerprint density at radius 2 is 1.89 bits per heavy atom. The third kappa shape index (κ3) is 2.28. The van der Waals surface area contributed by atoms with Gasteiger partial charge in [-0.15, -0.1) is 0 Å². The summed E-state index contributed by atoms with van der Waals surface area (Å²) < 4.78 is 0. The van der Waals surface area contributed by atoms with Crippen LogP contribution in [0.4, 0.5) is 0 Å². The van der Waals surface area contributed by atoms with Crippen molar-refractivity contribution in [2.45, 2.75) is 18.8 Å². The van der Waals surface area contributed by atoms with Gasteiger partial charge in [0.05, 0.1) is 5.02 Å². The Morgan fingerprint density at radius 3 is 2.56 bits per heavy atom. The minimum Gasteiger partial charge on any atom is -0.506 e. The molecule has 3 rings (SSSR count). The molecule has 1 heterocycles. The second kappa shape index (κ2) is 4.41. The highest BCUT2D eigenvalue weighted by Gasteiger charge is 2.26. The Kier molecular flexibility index (Phi) is 2.88. The molecule has 1 saturated carbocycles. The smallest absolute Gasteiger partial charge is 0.161 e. The first-order valence-corrected chi connectivity index (χ1v) is 6.42. The molecule has 1 aromatic heterocycles. The summed E-state index contributed by atoms with van der Waals surface area (Å²) in [7, 11) is 0. The molecule has 1 fully saturated rings. The topological polar surface area (TPSA) is 46.0 Å². The monoisotopic (exact) mass is 280 g/mol. The largest absolute Gasteiger partial charge is 0.506 e. The van der Waals surface area contributed by atoms with Crippen molar-refractivity contribution < 1.29 is 5.11 Å². The Morgan fingerprint density at radius 1 is 1.11 bits per heavy atom. The minimum atomic E-state index is 0.0462. The highest BCUT2D eigenvalue weighted by Crippen LogP contribution is 2.40. The van der Waals surface area contributed by atoms with Crippen LogP contribution in [-0.2, 0) is 0 Å². The van der Waals surface area contributed by atoms with Crippen molar-refractivity contribution in [3.63, 3.8) is 0 Å². The lowest BCUT2D eigenvalue weighted by Crippen LogP contribution is -1.94. The van der Waals surface area contributed by atoms with Gasteiger partial charge < -0.3 is 5.11 Å². The third-order valence-electron chi connectivity index (χ3n) is 2.92. The van der Waals surface area contributed by atoms with Crippen molar-refractivity contribution in [2.24, 2.45) is 0 Å². The molecule has 5 heteroatoms. The van der Waals surface area contributed by atoms with Crippen LogP contribution in [0.3, 0.4) is 0 Å². The van der Waals surface area contributed by atoms with Crippen LogP contribution >= 0.6 is 23.2 Å². The summed E-state index contributed by atoms with van der Waals surface area (Å²) in [5, 5.41) is 10.1. The zero-order valence-corrected chi connectivity index (χ0v) is 10.9. The number of phenolic OH excluding ortho intramolecular Hbond substituents is 1. The van der Waals surface area contributed by atoms with E-state index in [1.54, 1.807) is 12.1 Å². The molecule has 0 spiro atoms. The fourth-order valence-corrected chi connectivity index (χ4v) is 2.17. The van der Waals surface area contributed by atoms with Gasteiger partial charge in [0.25, 0.3) is 0 Å². The van der Waals surface area contributed by atoms with Gasteiger partial charge in [0.1, 0.15) is 10.9 Å². The van der Waals surface area contributed by atoms with Crippen molar-refractivity contribution >= 4 is 23.2 Å². The van der Waals surface area contributed by atoms with Gasteiger partial charge in [-0.25, -0.2) is 9.97 Å². The number of aromatic hydroxyl groups is 1. The summed E-state index contributed by atoms with van der Waals surface area (Å²) in [6, 6.07) is 6.70. The fourth-order valence-electron chi connectivity index (χ4n) is 1.80. The predicted molar refractivity (Wildman–Crippen MR) is 71.1 cm³/mol. The summed E-state index contributed by atoms with van der Waals surface area (Å²) in [6.07, 6.45) is 2.31. The van der Waals surface area contributed by atoms with Gasteiger partial charge in [-0.3, -0.25) is 0 Å². The van der Waals surface area contributed by atoms with E-state index in [4.69, 9.17) is 23.2 Å². The summed E-state index contributed by atoms with van der Waals surface area (Å²) >= 11 is 11.9. The quantitative estimate of drug-likeness (QED) is 0.845. The van der Waals surface area contributed by atoms with E-state index in [0.717, 1.165) is 24.1 Å². The molecular formula is C13H10Cl2N2O. The van der Waals surface area contributed by atoms with Crippen LogP contribution in [0.2, 0.25) is 10.2 Å². The van der Waals surface area contributed by atoms with Crippen molar-refractivity contribution in [1.29, 1.82) is 0 Å². The molecule has 1 aliphatic rings. The number of aromatic nitrogens is 2. The molecule has 0 atom stereocenters. The highest BCUT2D eigenvalue weighted by molar-refractivity contribution is 6.32. The van der Waals surface area contributed by atoms with Gasteiger partial charge >= 0.3 is 0 Å². The lowest BCUT2D eigenvalue weighted by atomic mass is 10.2. The zero-order chi connectivity index (χ0) is 12.7. The maximum absolute atomic E-state index is 9.40. The molecule has 0 amide bonds. The number of nitrogens with zero attached hydrogens (tertiary/aromatic N) is 2. The number of benzene rings is 1. The Labute approximate surface area is 114 Å². The van der Waals surface area contributed by atoms with Crippen LogP contribution in [0.25, 0.3) is 11.4 Å².